The predicted octanol–water partition coefficient (Wildman–Crippen LogP) is -0.956. The van der Waals surface area contributed by atoms with Crippen LogP contribution in [0.1, 0.15) is 12.8 Å². The van der Waals surface area contributed by atoms with Crippen molar-refractivity contribution in [2.75, 3.05) is 0 Å². The van der Waals surface area contributed by atoms with Crippen molar-refractivity contribution in [1.82, 2.24) is 0 Å². The summed E-state index contributed by atoms with van der Waals surface area (Å²) in [6.07, 6.45) is -1.07. The van der Waals surface area contributed by atoms with Crippen LogP contribution in [0.5, 0.6) is 0 Å². The molecule has 0 saturated carbocycles. The van der Waals surface area contributed by atoms with E-state index in [4.69, 9.17) is 14.9 Å². The number of carbonyl (C=O) groups is 1. The summed E-state index contributed by atoms with van der Waals surface area (Å²) in [6.45, 7) is 0. The molecule has 4 nitrogen and oxygen atoms in total. The first-order chi connectivity index (χ1) is 4.74. The van der Waals surface area contributed by atoms with Gasteiger partial charge in [0.1, 0.15) is 6.29 Å². The Balaban J connectivity index is 2.38. The van der Waals surface area contributed by atoms with Crippen LogP contribution < -0.4 is 0 Å². The first kappa shape index (κ1) is 7.65. The summed E-state index contributed by atoms with van der Waals surface area (Å²) < 4.78 is 4.79. The Kier molecular flexibility index (Phi) is 2.37. The molecule has 4 heteroatoms. The molecule has 58 valence electrons. The molecule has 1 aliphatic rings. The molecule has 1 unspecified atom stereocenters. The van der Waals surface area contributed by atoms with E-state index in [0.29, 0.717) is 6.29 Å². The van der Waals surface area contributed by atoms with Gasteiger partial charge in [-0.1, -0.05) is 0 Å². The van der Waals surface area contributed by atoms with Crippen LogP contribution in [0, 0.1) is 0 Å². The lowest BCUT2D eigenvalue weighted by atomic mass is 10.1. The quantitative estimate of drug-likeness (QED) is 0.492. The van der Waals surface area contributed by atoms with Crippen LogP contribution in [-0.2, 0) is 9.53 Å². The highest BCUT2D eigenvalue weighted by Gasteiger charge is 2.31. The minimum absolute atomic E-state index is 0.151. The van der Waals surface area contributed by atoms with Gasteiger partial charge in [-0.15, -0.1) is 0 Å². The van der Waals surface area contributed by atoms with Crippen molar-refractivity contribution in [1.29, 1.82) is 0 Å². The monoisotopic (exact) mass is 146 g/mol. The standard InChI is InChI=1S/C6H10O4/c7-2-1-5-4(8)3-6(9)10-5/h2,4-6,8-9H,1,3H2/t4-,5+,6?/m1/s1. The van der Waals surface area contributed by atoms with Crippen molar-refractivity contribution < 1.29 is 19.7 Å². The van der Waals surface area contributed by atoms with E-state index in [1.54, 1.807) is 0 Å². The van der Waals surface area contributed by atoms with Gasteiger partial charge in [0, 0.05) is 12.8 Å². The van der Waals surface area contributed by atoms with E-state index < -0.39 is 18.5 Å². The SMILES string of the molecule is O=CC[C@@H]1OC(O)C[C@H]1O. The third-order valence-electron chi connectivity index (χ3n) is 1.53. The van der Waals surface area contributed by atoms with E-state index in [2.05, 4.69) is 0 Å². The van der Waals surface area contributed by atoms with Gasteiger partial charge in [-0.2, -0.15) is 0 Å². The number of aliphatic hydroxyl groups is 2. The fraction of sp³-hybridized carbons (Fsp3) is 0.833. The highest BCUT2D eigenvalue weighted by Crippen LogP contribution is 2.19. The molecule has 3 atom stereocenters. The summed E-state index contributed by atoms with van der Waals surface area (Å²) in [4.78, 5) is 9.94. The molecule has 1 heterocycles. The molecule has 1 rings (SSSR count). The van der Waals surface area contributed by atoms with Gasteiger partial charge < -0.3 is 19.7 Å². The maximum absolute atomic E-state index is 9.94. The van der Waals surface area contributed by atoms with Gasteiger partial charge in [-0.05, 0) is 0 Å². The first-order valence-corrected chi connectivity index (χ1v) is 3.19. The maximum atomic E-state index is 9.94. The van der Waals surface area contributed by atoms with E-state index in [9.17, 15) is 4.79 Å². The van der Waals surface area contributed by atoms with Crippen molar-refractivity contribution in [3.8, 4) is 0 Å². The zero-order valence-electron chi connectivity index (χ0n) is 5.43. The first-order valence-electron chi connectivity index (χ1n) is 3.19. The van der Waals surface area contributed by atoms with Crippen LogP contribution in [0.15, 0.2) is 0 Å². The zero-order chi connectivity index (χ0) is 7.56. The Hall–Kier alpha value is -0.450. The number of ether oxygens (including phenoxy) is 1. The smallest absolute Gasteiger partial charge is 0.157 e. The van der Waals surface area contributed by atoms with E-state index in [0.717, 1.165) is 0 Å². The van der Waals surface area contributed by atoms with Gasteiger partial charge in [0.25, 0.3) is 0 Å². The molecule has 10 heavy (non-hydrogen) atoms. The third-order valence-corrected chi connectivity index (χ3v) is 1.53. The molecule has 0 aromatic carbocycles. The number of hydrogen-bond acceptors (Lipinski definition) is 4. The van der Waals surface area contributed by atoms with Crippen LogP contribution in [0.3, 0.4) is 0 Å². The molecule has 0 aromatic rings. The lowest BCUT2D eigenvalue weighted by molar-refractivity contribution is -0.118. The van der Waals surface area contributed by atoms with Crippen molar-refractivity contribution >= 4 is 6.29 Å². The van der Waals surface area contributed by atoms with Crippen molar-refractivity contribution in [3.63, 3.8) is 0 Å². The number of hydrogen-bond donors (Lipinski definition) is 2. The fourth-order valence-electron chi connectivity index (χ4n) is 1.01. The Bertz CT molecular complexity index is 125. The number of aldehydes is 1. The normalized spacial score (nSPS) is 40.0. The van der Waals surface area contributed by atoms with Crippen LogP contribution in [0.4, 0.5) is 0 Å². The average molecular weight is 146 g/mol. The summed E-state index contributed by atoms with van der Waals surface area (Å²) in [5.41, 5.74) is 0. The van der Waals surface area contributed by atoms with E-state index in [1.165, 1.54) is 0 Å². The molecule has 0 bridgehead atoms. The van der Waals surface area contributed by atoms with Crippen molar-refractivity contribution in [3.05, 3.63) is 0 Å². The Morgan fingerprint density at radius 1 is 1.60 bits per heavy atom. The van der Waals surface area contributed by atoms with Gasteiger partial charge in [-0.3, -0.25) is 0 Å². The Morgan fingerprint density at radius 2 is 2.30 bits per heavy atom. The minimum Gasteiger partial charge on any atom is -0.390 e. The van der Waals surface area contributed by atoms with E-state index in [1.807, 2.05) is 0 Å². The van der Waals surface area contributed by atoms with Crippen LogP contribution in [0.2, 0.25) is 0 Å². The molecular weight excluding hydrogens is 136 g/mol. The van der Waals surface area contributed by atoms with Gasteiger partial charge in [0.15, 0.2) is 6.29 Å². The lowest BCUT2D eigenvalue weighted by Gasteiger charge is -2.08. The van der Waals surface area contributed by atoms with Crippen LogP contribution in [-0.4, -0.2) is 35.0 Å². The van der Waals surface area contributed by atoms with E-state index >= 15 is 0 Å². The zero-order valence-corrected chi connectivity index (χ0v) is 5.43. The minimum atomic E-state index is -0.903. The highest BCUT2D eigenvalue weighted by molar-refractivity contribution is 5.50. The van der Waals surface area contributed by atoms with Crippen molar-refractivity contribution in [2.24, 2.45) is 0 Å². The lowest BCUT2D eigenvalue weighted by Crippen LogP contribution is -2.20. The molecule has 0 aromatic heterocycles. The molecule has 0 aliphatic carbocycles. The van der Waals surface area contributed by atoms with Gasteiger partial charge in [-0.25, -0.2) is 0 Å². The molecule has 0 spiro atoms. The summed E-state index contributed by atoms with van der Waals surface area (Å²) >= 11 is 0. The molecule has 1 fully saturated rings. The highest BCUT2D eigenvalue weighted by atomic mass is 16.6. The molecule has 1 saturated heterocycles. The maximum Gasteiger partial charge on any atom is 0.157 e. The van der Waals surface area contributed by atoms with Crippen LogP contribution in [0.25, 0.3) is 0 Å². The summed E-state index contributed by atoms with van der Waals surface area (Å²) in [6, 6.07) is 0. The number of aliphatic hydroxyl groups excluding tert-OH is 2. The topological polar surface area (TPSA) is 66.8 Å². The molecule has 2 N–H and O–H groups in total. The molecule has 0 amide bonds. The Labute approximate surface area is 58.4 Å². The predicted molar refractivity (Wildman–Crippen MR) is 32.2 cm³/mol. The fourth-order valence-corrected chi connectivity index (χ4v) is 1.01. The second kappa shape index (κ2) is 3.09. The van der Waals surface area contributed by atoms with Gasteiger partial charge in [0.2, 0.25) is 0 Å². The summed E-state index contributed by atoms with van der Waals surface area (Å²) in [5, 5.41) is 17.8. The van der Waals surface area contributed by atoms with Crippen LogP contribution >= 0.6 is 0 Å². The van der Waals surface area contributed by atoms with Gasteiger partial charge >= 0.3 is 0 Å². The summed E-state index contributed by atoms with van der Waals surface area (Å²) in [7, 11) is 0. The number of rotatable bonds is 2. The molecule has 1 aliphatic heterocycles. The molecule has 0 radical (unpaired) electrons. The average Bonchev–Trinajstić information content (AvgIpc) is 2.13. The second-order valence-electron chi connectivity index (χ2n) is 2.33. The largest absolute Gasteiger partial charge is 0.390 e. The molecular formula is C6H10O4. The summed E-state index contributed by atoms with van der Waals surface area (Å²) in [5.74, 6) is 0. The third kappa shape index (κ3) is 1.53. The van der Waals surface area contributed by atoms with Gasteiger partial charge in [0.05, 0.1) is 12.2 Å². The number of carbonyl (C=O) groups excluding carboxylic acids is 1. The second-order valence-corrected chi connectivity index (χ2v) is 2.33. The van der Waals surface area contributed by atoms with Crippen molar-refractivity contribution in [2.45, 2.75) is 31.3 Å². The Morgan fingerprint density at radius 3 is 2.70 bits per heavy atom. The van der Waals surface area contributed by atoms with E-state index in [-0.39, 0.29) is 12.8 Å².